The van der Waals surface area contributed by atoms with Crippen LogP contribution in [0.25, 0.3) is 0 Å². The number of aromatic amines is 1. The zero-order valence-electron chi connectivity index (χ0n) is 14.7. The average molecular weight is 503 g/mol. The fraction of sp³-hybridized carbons (Fsp3) is 0.111. The maximum atomic E-state index is 14.9. The molecule has 152 valence electrons. The molecule has 3 rings (SSSR count). The van der Waals surface area contributed by atoms with Gasteiger partial charge in [0.2, 0.25) is 0 Å². The van der Waals surface area contributed by atoms with Gasteiger partial charge in [0.25, 0.3) is 5.91 Å². The number of anilines is 1. The van der Waals surface area contributed by atoms with E-state index in [1.165, 1.54) is 30.3 Å². The zero-order valence-corrected chi connectivity index (χ0v) is 17.8. The summed E-state index contributed by atoms with van der Waals surface area (Å²) in [5, 5.41) is 2.98. The second kappa shape index (κ2) is 9.00. The van der Waals surface area contributed by atoms with Crippen molar-refractivity contribution in [1.82, 2.24) is 15.3 Å². The maximum absolute atomic E-state index is 14.9. The summed E-state index contributed by atoms with van der Waals surface area (Å²) >= 11 is 15.2. The van der Waals surface area contributed by atoms with E-state index in [9.17, 15) is 9.18 Å². The highest BCUT2D eigenvalue weighted by atomic mass is 79.9. The van der Waals surface area contributed by atoms with Gasteiger partial charge in [-0.1, -0.05) is 29.3 Å². The van der Waals surface area contributed by atoms with Crippen molar-refractivity contribution in [1.29, 1.82) is 0 Å². The van der Waals surface area contributed by atoms with E-state index in [-0.39, 0.29) is 40.9 Å². The molecule has 0 aliphatic carbocycles. The minimum atomic E-state index is -0.722. The Balaban J connectivity index is 1.79. The molecule has 0 fully saturated rings. The molecule has 1 amide bonds. The number of rotatable bonds is 6. The van der Waals surface area contributed by atoms with Crippen molar-refractivity contribution < 1.29 is 13.9 Å². The van der Waals surface area contributed by atoms with Crippen molar-refractivity contribution >= 4 is 50.7 Å². The summed E-state index contributed by atoms with van der Waals surface area (Å²) in [6, 6.07) is 7.41. The molecule has 11 heteroatoms. The number of hydrogen-bond acceptors (Lipinski definition) is 5. The average Bonchev–Trinajstić information content (AvgIpc) is 3.04. The molecule has 1 heterocycles. The number of amides is 1. The number of nitrogens with one attached hydrogen (secondary N) is 2. The van der Waals surface area contributed by atoms with Crippen LogP contribution in [0.4, 0.5) is 10.1 Å². The maximum Gasteiger partial charge on any atom is 0.272 e. The van der Waals surface area contributed by atoms with Gasteiger partial charge in [0, 0.05) is 28.9 Å². The Kier molecular flexibility index (Phi) is 6.63. The Labute approximate surface area is 183 Å². The summed E-state index contributed by atoms with van der Waals surface area (Å²) in [5.41, 5.74) is 11.8. The lowest BCUT2D eigenvalue weighted by Gasteiger charge is -2.13. The van der Waals surface area contributed by atoms with Crippen LogP contribution in [-0.2, 0) is 13.1 Å². The van der Waals surface area contributed by atoms with Gasteiger partial charge >= 0.3 is 0 Å². The molecular formula is C18H15BrCl2FN5O2. The SMILES string of the molecule is NCc1nc(C(=O)NCc2ccc(Cl)c(Oc3cc(N)cc(Cl)c3)c2F)c(Br)[nH]1. The van der Waals surface area contributed by atoms with Crippen LogP contribution in [-0.4, -0.2) is 15.9 Å². The number of carbonyl (C=O) groups is 1. The molecule has 3 aromatic rings. The van der Waals surface area contributed by atoms with E-state index in [0.29, 0.717) is 21.1 Å². The lowest BCUT2D eigenvalue weighted by atomic mass is 10.2. The molecule has 0 bridgehead atoms. The Morgan fingerprint density at radius 2 is 2.07 bits per heavy atom. The Morgan fingerprint density at radius 3 is 2.72 bits per heavy atom. The van der Waals surface area contributed by atoms with Crippen molar-refractivity contribution in [2.75, 3.05) is 5.73 Å². The van der Waals surface area contributed by atoms with Gasteiger partial charge in [-0.05, 0) is 34.1 Å². The highest BCUT2D eigenvalue weighted by Gasteiger charge is 2.19. The lowest BCUT2D eigenvalue weighted by Crippen LogP contribution is -2.24. The summed E-state index contributed by atoms with van der Waals surface area (Å²) in [6.45, 7) is 0.0273. The van der Waals surface area contributed by atoms with Gasteiger partial charge < -0.3 is 26.5 Å². The predicted octanol–water partition coefficient (Wildman–Crippen LogP) is 4.38. The molecule has 0 spiro atoms. The number of nitrogens with two attached hydrogens (primary N) is 2. The highest BCUT2D eigenvalue weighted by Crippen LogP contribution is 2.35. The van der Waals surface area contributed by atoms with E-state index in [4.69, 9.17) is 39.4 Å². The standard InChI is InChI=1S/C18H15BrCl2FN5O2/c19-17-15(26-13(6-23)27-17)18(28)25-7-8-1-2-12(21)16(14(8)22)29-11-4-9(20)3-10(24)5-11/h1-5H,6-7,23-24H2,(H,25,28)(H,26,27). The second-order valence-corrected chi connectivity index (χ2v) is 7.54. The van der Waals surface area contributed by atoms with Crippen LogP contribution in [0, 0.1) is 5.82 Å². The highest BCUT2D eigenvalue weighted by molar-refractivity contribution is 9.10. The number of benzene rings is 2. The molecule has 0 atom stereocenters. The van der Waals surface area contributed by atoms with Gasteiger partial charge in [-0.25, -0.2) is 9.37 Å². The summed E-state index contributed by atoms with van der Waals surface area (Å²) in [4.78, 5) is 19.2. The largest absolute Gasteiger partial charge is 0.453 e. The molecule has 0 saturated carbocycles. The van der Waals surface area contributed by atoms with Crippen LogP contribution in [0.3, 0.4) is 0 Å². The lowest BCUT2D eigenvalue weighted by molar-refractivity contribution is 0.0945. The molecule has 0 saturated heterocycles. The Hall–Kier alpha value is -2.33. The molecule has 6 N–H and O–H groups in total. The normalized spacial score (nSPS) is 10.8. The minimum absolute atomic E-state index is 0.0544. The van der Waals surface area contributed by atoms with Crippen LogP contribution in [0.15, 0.2) is 34.9 Å². The van der Waals surface area contributed by atoms with E-state index in [1.54, 1.807) is 0 Å². The van der Waals surface area contributed by atoms with Crippen molar-refractivity contribution in [2.45, 2.75) is 13.1 Å². The third-order valence-corrected chi connectivity index (χ3v) is 4.89. The summed E-state index contributed by atoms with van der Waals surface area (Å²) in [6.07, 6.45) is 0. The van der Waals surface area contributed by atoms with Crippen LogP contribution < -0.4 is 21.5 Å². The van der Waals surface area contributed by atoms with Crippen molar-refractivity contribution in [3.8, 4) is 11.5 Å². The van der Waals surface area contributed by atoms with E-state index in [2.05, 4.69) is 31.2 Å². The number of imidazole rings is 1. The Bertz CT molecular complexity index is 1060. The van der Waals surface area contributed by atoms with Gasteiger partial charge in [0.15, 0.2) is 17.3 Å². The monoisotopic (exact) mass is 501 g/mol. The topological polar surface area (TPSA) is 119 Å². The number of nitrogens with zero attached hydrogens (tertiary/aromatic N) is 1. The van der Waals surface area contributed by atoms with E-state index >= 15 is 0 Å². The van der Waals surface area contributed by atoms with Gasteiger partial charge in [0.1, 0.15) is 16.2 Å². The van der Waals surface area contributed by atoms with Gasteiger partial charge in [-0.2, -0.15) is 0 Å². The molecule has 2 aromatic carbocycles. The molecule has 0 radical (unpaired) electrons. The molecule has 29 heavy (non-hydrogen) atoms. The summed E-state index contributed by atoms with van der Waals surface area (Å²) < 4.78 is 20.9. The third-order valence-electron chi connectivity index (χ3n) is 3.80. The Morgan fingerprint density at radius 1 is 1.31 bits per heavy atom. The minimum Gasteiger partial charge on any atom is -0.453 e. The molecule has 0 aliphatic heterocycles. The van der Waals surface area contributed by atoms with Gasteiger partial charge in [-0.3, -0.25) is 4.79 Å². The smallest absolute Gasteiger partial charge is 0.272 e. The number of nitrogen functional groups attached to an aromatic ring is 1. The molecule has 7 nitrogen and oxygen atoms in total. The predicted molar refractivity (Wildman–Crippen MR) is 113 cm³/mol. The van der Waals surface area contributed by atoms with Crippen LogP contribution in [0.2, 0.25) is 10.0 Å². The number of halogens is 4. The van der Waals surface area contributed by atoms with Crippen molar-refractivity contribution in [3.63, 3.8) is 0 Å². The first kappa shape index (κ1) is 21.4. The number of H-pyrrole nitrogens is 1. The first-order valence-corrected chi connectivity index (χ1v) is 9.76. The number of aromatic nitrogens is 2. The van der Waals surface area contributed by atoms with E-state index in [0.717, 1.165) is 0 Å². The summed E-state index contributed by atoms with van der Waals surface area (Å²) in [5.74, 6) is -0.762. The molecular weight excluding hydrogens is 488 g/mol. The van der Waals surface area contributed by atoms with Crippen molar-refractivity contribution in [2.24, 2.45) is 5.73 Å². The first-order chi connectivity index (χ1) is 13.8. The third kappa shape index (κ3) is 4.99. The fourth-order valence-corrected chi connectivity index (χ4v) is 3.38. The van der Waals surface area contributed by atoms with Gasteiger partial charge in [-0.15, -0.1) is 0 Å². The molecule has 0 unspecified atom stereocenters. The number of hydrogen-bond donors (Lipinski definition) is 4. The fourth-order valence-electron chi connectivity index (χ4n) is 2.47. The van der Waals surface area contributed by atoms with E-state index in [1.807, 2.05) is 0 Å². The quantitative estimate of drug-likeness (QED) is 0.373. The second-order valence-electron chi connectivity index (χ2n) is 5.90. The summed E-state index contributed by atoms with van der Waals surface area (Å²) in [7, 11) is 0. The van der Waals surface area contributed by atoms with E-state index < -0.39 is 11.7 Å². The number of carbonyl (C=O) groups excluding carboxylic acids is 1. The number of ether oxygens (including phenoxy) is 1. The zero-order chi connectivity index (χ0) is 21.1. The van der Waals surface area contributed by atoms with Crippen LogP contribution >= 0.6 is 39.1 Å². The molecule has 0 aliphatic rings. The van der Waals surface area contributed by atoms with Crippen LogP contribution in [0.5, 0.6) is 11.5 Å². The molecule has 1 aromatic heterocycles. The van der Waals surface area contributed by atoms with Gasteiger partial charge in [0.05, 0.1) is 11.6 Å². The first-order valence-electron chi connectivity index (χ1n) is 8.22. The van der Waals surface area contributed by atoms with Crippen molar-refractivity contribution in [3.05, 3.63) is 67.9 Å². The van der Waals surface area contributed by atoms with Crippen LogP contribution in [0.1, 0.15) is 21.9 Å².